The summed E-state index contributed by atoms with van der Waals surface area (Å²) in [5.74, 6) is 0.889. The highest BCUT2D eigenvalue weighted by molar-refractivity contribution is 5.75. The van der Waals surface area contributed by atoms with Crippen LogP contribution in [0.4, 0.5) is 4.39 Å². The van der Waals surface area contributed by atoms with Crippen LogP contribution in [-0.2, 0) is 0 Å². The van der Waals surface area contributed by atoms with Crippen LogP contribution in [0, 0.1) is 5.82 Å². The summed E-state index contributed by atoms with van der Waals surface area (Å²) in [7, 11) is 1.00. The van der Waals surface area contributed by atoms with Crippen LogP contribution in [0.3, 0.4) is 0 Å². The number of ether oxygens (including phenoxy) is 1. The number of carbonyl (C=O) groups is 1. The van der Waals surface area contributed by atoms with E-state index in [9.17, 15) is 9.18 Å². The molecule has 1 aliphatic carbocycles. The molecule has 0 unspecified atom stereocenters. The first-order valence-corrected chi connectivity index (χ1v) is 6.73. The fourth-order valence-electron chi connectivity index (χ4n) is 2.02. The van der Waals surface area contributed by atoms with Gasteiger partial charge in [-0.15, -0.1) is 0 Å². The average Bonchev–Trinajstić information content (AvgIpc) is 3.37. The lowest BCUT2D eigenvalue weighted by Gasteiger charge is -2.07. The highest BCUT2D eigenvalue weighted by atomic mass is 19.1. The Balaban J connectivity index is 0.000000774. The maximum atomic E-state index is 13.7. The Bertz CT molecular complexity index is 604. The van der Waals surface area contributed by atoms with Gasteiger partial charge in [0.2, 0.25) is 0 Å². The van der Waals surface area contributed by atoms with Crippen molar-refractivity contribution in [2.75, 3.05) is 7.11 Å². The number of aldehydes is 1. The molecule has 1 fully saturated rings. The molecule has 4 heteroatoms. The molecule has 0 atom stereocenters. The zero-order valence-corrected chi connectivity index (χ0v) is 11.8. The monoisotopic (exact) mass is 288 g/mol. The zero-order valence-electron chi connectivity index (χ0n) is 11.8. The van der Waals surface area contributed by atoms with E-state index in [0.717, 1.165) is 7.11 Å². The van der Waals surface area contributed by atoms with E-state index < -0.39 is 5.82 Å². The van der Waals surface area contributed by atoms with Crippen LogP contribution in [0.1, 0.15) is 34.7 Å². The Kier molecular flexibility index (Phi) is 5.06. The summed E-state index contributed by atoms with van der Waals surface area (Å²) in [6.07, 6.45) is 3.11. The van der Waals surface area contributed by atoms with Gasteiger partial charge in [0.25, 0.3) is 0 Å². The first-order valence-electron chi connectivity index (χ1n) is 6.73. The third kappa shape index (κ3) is 3.89. The standard InChI is InChI=1S/C16H13FO2.CH4O/c17-15-9-11(10-18)1-8-16(15)19-14-6-4-13(5-7-14)12-2-3-12;1-2/h1,4-10,12H,2-3H2;2H,1H3. The number of carbonyl (C=O) groups excluding carboxylic acids is 1. The van der Waals surface area contributed by atoms with E-state index in [1.54, 1.807) is 0 Å². The second-order valence-corrected chi connectivity index (χ2v) is 4.75. The summed E-state index contributed by atoms with van der Waals surface area (Å²) < 4.78 is 19.1. The Hall–Kier alpha value is -2.20. The number of rotatable bonds is 4. The summed E-state index contributed by atoms with van der Waals surface area (Å²) in [6.45, 7) is 0. The summed E-state index contributed by atoms with van der Waals surface area (Å²) in [6, 6.07) is 11.9. The normalized spacial score (nSPS) is 13.1. The first kappa shape index (κ1) is 15.2. The van der Waals surface area contributed by atoms with Crippen molar-refractivity contribution in [1.82, 2.24) is 0 Å². The molecule has 3 nitrogen and oxygen atoms in total. The molecule has 0 spiro atoms. The van der Waals surface area contributed by atoms with E-state index in [1.165, 1.54) is 36.6 Å². The topological polar surface area (TPSA) is 46.5 Å². The average molecular weight is 288 g/mol. The Morgan fingerprint density at radius 2 is 1.81 bits per heavy atom. The number of benzene rings is 2. The maximum Gasteiger partial charge on any atom is 0.166 e. The van der Waals surface area contributed by atoms with Gasteiger partial charge in [0, 0.05) is 12.7 Å². The van der Waals surface area contributed by atoms with Gasteiger partial charge in [0.05, 0.1) is 0 Å². The second kappa shape index (κ2) is 6.99. The highest BCUT2D eigenvalue weighted by Crippen LogP contribution is 2.40. The van der Waals surface area contributed by atoms with E-state index in [1.807, 2.05) is 24.3 Å². The number of aliphatic hydroxyl groups excluding tert-OH is 1. The van der Waals surface area contributed by atoms with Crippen LogP contribution in [0.25, 0.3) is 0 Å². The van der Waals surface area contributed by atoms with Crippen molar-refractivity contribution in [3.8, 4) is 11.5 Å². The molecule has 3 rings (SSSR count). The van der Waals surface area contributed by atoms with E-state index in [0.29, 0.717) is 23.5 Å². The van der Waals surface area contributed by atoms with Gasteiger partial charge in [-0.2, -0.15) is 0 Å². The second-order valence-electron chi connectivity index (χ2n) is 4.75. The zero-order chi connectivity index (χ0) is 15.2. The summed E-state index contributed by atoms with van der Waals surface area (Å²) in [5.41, 5.74) is 1.61. The van der Waals surface area contributed by atoms with E-state index in [4.69, 9.17) is 9.84 Å². The quantitative estimate of drug-likeness (QED) is 0.867. The van der Waals surface area contributed by atoms with Crippen LogP contribution in [0.5, 0.6) is 11.5 Å². The smallest absolute Gasteiger partial charge is 0.166 e. The molecule has 2 aromatic rings. The van der Waals surface area contributed by atoms with Crippen molar-refractivity contribution in [1.29, 1.82) is 0 Å². The minimum atomic E-state index is -0.532. The Labute approximate surface area is 123 Å². The minimum absolute atomic E-state index is 0.129. The van der Waals surface area contributed by atoms with Gasteiger partial charge in [-0.05, 0) is 54.7 Å². The first-order chi connectivity index (χ1) is 10.3. The van der Waals surface area contributed by atoms with Crippen LogP contribution in [0.15, 0.2) is 42.5 Å². The van der Waals surface area contributed by atoms with Crippen LogP contribution in [0.2, 0.25) is 0 Å². The predicted molar refractivity (Wildman–Crippen MR) is 78.4 cm³/mol. The SMILES string of the molecule is CO.O=Cc1ccc(Oc2ccc(C3CC3)cc2)c(F)c1. The van der Waals surface area contributed by atoms with Gasteiger partial charge in [-0.3, -0.25) is 4.79 Å². The van der Waals surface area contributed by atoms with Crippen molar-refractivity contribution in [2.24, 2.45) is 0 Å². The molecule has 0 bridgehead atoms. The van der Waals surface area contributed by atoms with Gasteiger partial charge in [0.15, 0.2) is 11.6 Å². The molecule has 0 radical (unpaired) electrons. The third-order valence-corrected chi connectivity index (χ3v) is 3.25. The van der Waals surface area contributed by atoms with Crippen molar-refractivity contribution in [3.63, 3.8) is 0 Å². The predicted octanol–water partition coefficient (Wildman–Crippen LogP) is 3.92. The molecule has 2 aromatic carbocycles. The van der Waals surface area contributed by atoms with Crippen molar-refractivity contribution in [3.05, 3.63) is 59.4 Å². The van der Waals surface area contributed by atoms with Crippen molar-refractivity contribution >= 4 is 6.29 Å². The molecule has 1 saturated carbocycles. The molecule has 0 amide bonds. The van der Waals surface area contributed by atoms with E-state index in [2.05, 4.69) is 0 Å². The highest BCUT2D eigenvalue weighted by Gasteiger charge is 2.23. The van der Waals surface area contributed by atoms with Gasteiger partial charge >= 0.3 is 0 Å². The van der Waals surface area contributed by atoms with Crippen LogP contribution in [-0.4, -0.2) is 18.5 Å². The minimum Gasteiger partial charge on any atom is -0.454 e. The number of hydrogen-bond acceptors (Lipinski definition) is 3. The van der Waals surface area contributed by atoms with Crippen LogP contribution >= 0.6 is 0 Å². The fraction of sp³-hybridized carbons (Fsp3) is 0.235. The third-order valence-electron chi connectivity index (χ3n) is 3.25. The molecule has 1 aliphatic rings. The maximum absolute atomic E-state index is 13.7. The molecule has 0 saturated heterocycles. The van der Waals surface area contributed by atoms with Crippen molar-refractivity contribution < 1.29 is 19.0 Å². The fourth-order valence-corrected chi connectivity index (χ4v) is 2.02. The Morgan fingerprint density at radius 1 is 1.14 bits per heavy atom. The molecule has 0 heterocycles. The van der Waals surface area contributed by atoms with Gasteiger partial charge < -0.3 is 9.84 Å². The van der Waals surface area contributed by atoms with E-state index >= 15 is 0 Å². The van der Waals surface area contributed by atoms with Crippen molar-refractivity contribution in [2.45, 2.75) is 18.8 Å². The molecule has 0 aliphatic heterocycles. The molecular weight excluding hydrogens is 271 g/mol. The van der Waals surface area contributed by atoms with Gasteiger partial charge in [-0.1, -0.05) is 12.1 Å². The molecule has 0 aromatic heterocycles. The summed E-state index contributed by atoms with van der Waals surface area (Å²) >= 11 is 0. The lowest BCUT2D eigenvalue weighted by molar-refractivity contribution is 0.112. The van der Waals surface area contributed by atoms with Crippen LogP contribution < -0.4 is 4.74 Å². The summed E-state index contributed by atoms with van der Waals surface area (Å²) in [5, 5.41) is 7.00. The van der Waals surface area contributed by atoms with Gasteiger partial charge in [-0.25, -0.2) is 4.39 Å². The number of halogens is 1. The number of hydrogen-bond donors (Lipinski definition) is 1. The van der Waals surface area contributed by atoms with Gasteiger partial charge in [0.1, 0.15) is 12.0 Å². The molecular formula is C17H17FO3. The molecule has 110 valence electrons. The Morgan fingerprint density at radius 3 is 2.33 bits per heavy atom. The molecule has 1 N–H and O–H groups in total. The lowest BCUT2D eigenvalue weighted by atomic mass is 10.1. The summed E-state index contributed by atoms with van der Waals surface area (Å²) in [4.78, 5) is 10.5. The number of aliphatic hydroxyl groups is 1. The lowest BCUT2D eigenvalue weighted by Crippen LogP contribution is -1.90. The molecule has 21 heavy (non-hydrogen) atoms. The van der Waals surface area contributed by atoms with E-state index in [-0.39, 0.29) is 5.75 Å². The largest absolute Gasteiger partial charge is 0.454 e.